The summed E-state index contributed by atoms with van der Waals surface area (Å²) >= 11 is 0. The van der Waals surface area contributed by atoms with Gasteiger partial charge in [-0.2, -0.15) is 0 Å². The Labute approximate surface area is 148 Å². The monoisotopic (exact) mass is 352 g/mol. The fourth-order valence-corrected chi connectivity index (χ4v) is 3.13. The lowest BCUT2D eigenvalue weighted by Crippen LogP contribution is -2.43. The van der Waals surface area contributed by atoms with Gasteiger partial charge >= 0.3 is 12.1 Å². The van der Waals surface area contributed by atoms with E-state index < -0.39 is 11.6 Å². The van der Waals surface area contributed by atoms with Crippen LogP contribution in [-0.2, 0) is 19.1 Å². The molecule has 0 spiro atoms. The average molecular weight is 352 g/mol. The fourth-order valence-electron chi connectivity index (χ4n) is 3.13. The van der Waals surface area contributed by atoms with E-state index >= 15 is 0 Å². The van der Waals surface area contributed by atoms with Gasteiger partial charge in [-0.05, 0) is 39.5 Å². The Morgan fingerprint density at radius 1 is 1.28 bits per heavy atom. The Hall–Kier alpha value is -2.05. The summed E-state index contributed by atoms with van der Waals surface area (Å²) in [5.74, 6) is -0.212. The molecule has 2 amide bonds. The van der Waals surface area contributed by atoms with Gasteiger partial charge in [0, 0.05) is 26.1 Å². The van der Waals surface area contributed by atoms with E-state index in [2.05, 4.69) is 4.74 Å². The summed E-state index contributed by atoms with van der Waals surface area (Å²) in [4.78, 5) is 38.9. The SMILES string of the molecule is COC(=O)CN1CCC(C2=CCN(C(=O)OC(C)(C)C)CC2)CC1=O. The van der Waals surface area contributed by atoms with Crippen LogP contribution in [0.2, 0.25) is 0 Å². The van der Waals surface area contributed by atoms with Gasteiger partial charge in [0.05, 0.1) is 7.11 Å². The van der Waals surface area contributed by atoms with Gasteiger partial charge in [0.1, 0.15) is 12.1 Å². The molecule has 25 heavy (non-hydrogen) atoms. The Bertz CT molecular complexity index is 564. The van der Waals surface area contributed by atoms with E-state index in [9.17, 15) is 14.4 Å². The molecule has 7 nitrogen and oxygen atoms in total. The number of carbonyl (C=O) groups is 3. The standard InChI is InChI=1S/C18H28N2O5/c1-18(2,3)25-17(23)19-8-5-13(6-9-19)14-7-10-20(15(21)11-14)12-16(22)24-4/h5,14H,6-12H2,1-4H3. The number of carbonyl (C=O) groups excluding carboxylic acids is 3. The third-order valence-electron chi connectivity index (χ3n) is 4.49. The lowest BCUT2D eigenvalue weighted by Gasteiger charge is -2.35. The smallest absolute Gasteiger partial charge is 0.410 e. The Morgan fingerprint density at radius 2 is 2.00 bits per heavy atom. The molecule has 1 saturated heterocycles. The summed E-state index contributed by atoms with van der Waals surface area (Å²) in [6, 6.07) is 0. The Balaban J connectivity index is 1.87. The number of hydrogen-bond acceptors (Lipinski definition) is 5. The van der Waals surface area contributed by atoms with Crippen LogP contribution in [0.1, 0.15) is 40.0 Å². The van der Waals surface area contributed by atoms with Gasteiger partial charge < -0.3 is 19.3 Å². The van der Waals surface area contributed by atoms with E-state index in [1.165, 1.54) is 12.7 Å². The molecule has 0 aromatic carbocycles. The molecule has 2 aliphatic heterocycles. The summed E-state index contributed by atoms with van der Waals surface area (Å²) in [6.07, 6.45) is 3.75. The molecular formula is C18H28N2O5. The second-order valence-corrected chi connectivity index (χ2v) is 7.54. The van der Waals surface area contributed by atoms with Gasteiger partial charge in [-0.3, -0.25) is 9.59 Å². The van der Waals surface area contributed by atoms with Crippen molar-refractivity contribution in [1.82, 2.24) is 9.80 Å². The maximum atomic E-state index is 12.2. The molecular weight excluding hydrogens is 324 g/mol. The molecule has 1 fully saturated rings. The van der Waals surface area contributed by atoms with Crippen LogP contribution in [0.5, 0.6) is 0 Å². The first-order valence-electron chi connectivity index (χ1n) is 8.71. The van der Waals surface area contributed by atoms with Crippen molar-refractivity contribution in [3.8, 4) is 0 Å². The number of nitrogens with zero attached hydrogens (tertiary/aromatic N) is 2. The number of ether oxygens (including phenoxy) is 2. The first kappa shape index (κ1) is 19.3. The highest BCUT2D eigenvalue weighted by Gasteiger charge is 2.31. The van der Waals surface area contributed by atoms with E-state index in [1.54, 1.807) is 9.80 Å². The van der Waals surface area contributed by atoms with Crippen molar-refractivity contribution in [2.24, 2.45) is 5.92 Å². The first-order chi connectivity index (χ1) is 11.7. The predicted molar refractivity (Wildman–Crippen MR) is 91.8 cm³/mol. The van der Waals surface area contributed by atoms with Gasteiger partial charge in [-0.1, -0.05) is 11.6 Å². The van der Waals surface area contributed by atoms with Crippen LogP contribution in [0.3, 0.4) is 0 Å². The molecule has 0 aliphatic carbocycles. The van der Waals surface area contributed by atoms with Gasteiger partial charge in [-0.25, -0.2) is 4.79 Å². The summed E-state index contributed by atoms with van der Waals surface area (Å²) in [6.45, 7) is 7.26. The van der Waals surface area contributed by atoms with Crippen molar-refractivity contribution >= 4 is 18.0 Å². The minimum Gasteiger partial charge on any atom is -0.468 e. The molecule has 1 unspecified atom stereocenters. The van der Waals surface area contributed by atoms with Crippen LogP contribution in [0.25, 0.3) is 0 Å². The third-order valence-corrected chi connectivity index (χ3v) is 4.49. The Morgan fingerprint density at radius 3 is 2.52 bits per heavy atom. The number of piperidine rings is 1. The van der Waals surface area contributed by atoms with Crippen LogP contribution in [0.15, 0.2) is 11.6 Å². The molecule has 1 atom stereocenters. The number of esters is 1. The van der Waals surface area contributed by atoms with Crippen LogP contribution >= 0.6 is 0 Å². The van der Waals surface area contributed by atoms with Crippen molar-refractivity contribution in [2.45, 2.75) is 45.6 Å². The van der Waals surface area contributed by atoms with E-state index in [1.807, 2.05) is 26.8 Å². The van der Waals surface area contributed by atoms with Gasteiger partial charge in [-0.15, -0.1) is 0 Å². The molecule has 0 radical (unpaired) electrons. The zero-order valence-corrected chi connectivity index (χ0v) is 15.5. The van der Waals surface area contributed by atoms with Gasteiger partial charge in [0.15, 0.2) is 0 Å². The van der Waals surface area contributed by atoms with Crippen LogP contribution in [0, 0.1) is 5.92 Å². The molecule has 0 aromatic rings. The first-order valence-corrected chi connectivity index (χ1v) is 8.71. The summed E-state index contributed by atoms with van der Waals surface area (Å²) in [5, 5.41) is 0. The fraction of sp³-hybridized carbons (Fsp3) is 0.722. The van der Waals surface area contributed by atoms with Gasteiger partial charge in [0.25, 0.3) is 0 Å². The predicted octanol–water partition coefficient (Wildman–Crippen LogP) is 1.97. The molecule has 0 saturated carbocycles. The van der Waals surface area contributed by atoms with Crippen molar-refractivity contribution in [3.63, 3.8) is 0 Å². The van der Waals surface area contributed by atoms with Crippen molar-refractivity contribution in [1.29, 1.82) is 0 Å². The van der Waals surface area contributed by atoms with Gasteiger partial charge in [0.2, 0.25) is 5.91 Å². The summed E-state index contributed by atoms with van der Waals surface area (Å²) < 4.78 is 10.0. The lowest BCUT2D eigenvalue weighted by molar-refractivity contribution is -0.148. The maximum Gasteiger partial charge on any atom is 0.410 e. The van der Waals surface area contributed by atoms with Crippen molar-refractivity contribution in [3.05, 3.63) is 11.6 Å². The highest BCUT2D eigenvalue weighted by molar-refractivity contribution is 5.83. The second-order valence-electron chi connectivity index (χ2n) is 7.54. The molecule has 2 aliphatic rings. The van der Waals surface area contributed by atoms with E-state index in [-0.39, 0.29) is 24.5 Å². The maximum absolute atomic E-state index is 12.2. The number of rotatable bonds is 3. The number of likely N-dealkylation sites (tertiary alicyclic amines) is 1. The van der Waals surface area contributed by atoms with E-state index in [0.29, 0.717) is 26.1 Å². The topological polar surface area (TPSA) is 76.2 Å². The zero-order chi connectivity index (χ0) is 18.6. The molecule has 2 rings (SSSR count). The Kier molecular flexibility index (Phi) is 6.08. The number of amides is 2. The number of hydrogen-bond donors (Lipinski definition) is 0. The van der Waals surface area contributed by atoms with Crippen LogP contribution in [-0.4, -0.2) is 66.7 Å². The van der Waals surface area contributed by atoms with Crippen LogP contribution < -0.4 is 0 Å². The molecule has 7 heteroatoms. The normalized spacial score (nSPS) is 21.7. The van der Waals surface area contributed by atoms with E-state index in [4.69, 9.17) is 4.74 Å². The van der Waals surface area contributed by atoms with Crippen molar-refractivity contribution in [2.75, 3.05) is 33.3 Å². The quantitative estimate of drug-likeness (QED) is 0.573. The average Bonchev–Trinajstić information content (AvgIpc) is 2.55. The zero-order valence-electron chi connectivity index (χ0n) is 15.5. The summed E-state index contributed by atoms with van der Waals surface area (Å²) in [5.41, 5.74) is 0.728. The molecule has 0 aromatic heterocycles. The van der Waals surface area contributed by atoms with Crippen molar-refractivity contribution < 1.29 is 23.9 Å². The van der Waals surface area contributed by atoms with E-state index in [0.717, 1.165) is 12.8 Å². The largest absolute Gasteiger partial charge is 0.468 e. The van der Waals surface area contributed by atoms with Crippen LogP contribution in [0.4, 0.5) is 4.79 Å². The highest BCUT2D eigenvalue weighted by atomic mass is 16.6. The third kappa shape index (κ3) is 5.47. The molecule has 140 valence electrons. The molecule has 0 N–H and O–H groups in total. The minimum atomic E-state index is -0.500. The highest BCUT2D eigenvalue weighted by Crippen LogP contribution is 2.29. The second kappa shape index (κ2) is 7.89. The summed E-state index contributed by atoms with van der Waals surface area (Å²) in [7, 11) is 1.32. The molecule has 0 bridgehead atoms. The number of methoxy groups -OCH3 is 1. The minimum absolute atomic E-state index is 0.0166. The lowest BCUT2D eigenvalue weighted by atomic mass is 9.85. The molecule has 2 heterocycles.